The van der Waals surface area contributed by atoms with Crippen LogP contribution in [0.15, 0.2) is 49.1 Å². The van der Waals surface area contributed by atoms with Gasteiger partial charge in [-0.25, -0.2) is 24.3 Å². The highest BCUT2D eigenvalue weighted by molar-refractivity contribution is 6.01. The predicted molar refractivity (Wildman–Crippen MR) is 112 cm³/mol. The first-order valence-corrected chi connectivity index (χ1v) is 10.8. The van der Waals surface area contributed by atoms with E-state index in [1.54, 1.807) is 11.0 Å². The maximum atomic E-state index is 14.0. The molecule has 1 N–H and O–H groups in total. The van der Waals surface area contributed by atoms with Gasteiger partial charge in [0.2, 0.25) is 0 Å². The number of halogens is 4. The number of carbonyl (C=O) groups excluding carboxylic acids is 1. The molecule has 174 valence electrons. The molecule has 1 saturated heterocycles. The molecule has 1 aliphatic heterocycles. The first-order valence-electron chi connectivity index (χ1n) is 10.8. The van der Waals surface area contributed by atoms with Gasteiger partial charge in [-0.05, 0) is 48.4 Å². The lowest BCUT2D eigenvalue weighted by atomic mass is 9.71. The van der Waals surface area contributed by atoms with Crippen molar-refractivity contribution in [2.45, 2.75) is 31.1 Å². The van der Waals surface area contributed by atoms with Gasteiger partial charge in [0.05, 0.1) is 24.0 Å². The van der Waals surface area contributed by atoms with Crippen LogP contribution in [-0.2, 0) is 6.18 Å². The molecule has 3 fully saturated rings. The van der Waals surface area contributed by atoms with E-state index < -0.39 is 17.7 Å². The third-order valence-corrected chi connectivity index (χ3v) is 7.16. The summed E-state index contributed by atoms with van der Waals surface area (Å²) in [5.41, 5.74) is -0.410. The van der Waals surface area contributed by atoms with Crippen molar-refractivity contribution in [2.24, 2.45) is 11.3 Å². The number of anilines is 1. The SMILES string of the molecule is O=C(c1ccc(F)cc1-c1ncccn1)N1CC2CC23CC(Nc2cnc(C(F)(F)F)cn2)C13. The molecule has 11 heteroatoms. The number of alkyl halides is 3. The molecule has 2 saturated carbocycles. The van der Waals surface area contributed by atoms with Crippen molar-refractivity contribution in [3.63, 3.8) is 0 Å². The van der Waals surface area contributed by atoms with E-state index in [1.165, 1.54) is 30.6 Å². The van der Waals surface area contributed by atoms with Crippen LogP contribution in [0, 0.1) is 17.2 Å². The van der Waals surface area contributed by atoms with Gasteiger partial charge in [0, 0.05) is 30.5 Å². The summed E-state index contributed by atoms with van der Waals surface area (Å²) in [7, 11) is 0. The van der Waals surface area contributed by atoms with Crippen molar-refractivity contribution in [2.75, 3.05) is 11.9 Å². The van der Waals surface area contributed by atoms with Gasteiger partial charge in [-0.3, -0.25) is 4.79 Å². The monoisotopic (exact) mass is 470 g/mol. The summed E-state index contributed by atoms with van der Waals surface area (Å²) in [6, 6.07) is 5.27. The van der Waals surface area contributed by atoms with Crippen LogP contribution in [0.5, 0.6) is 0 Å². The minimum Gasteiger partial charge on any atom is -0.364 e. The predicted octanol–water partition coefficient (Wildman–Crippen LogP) is 3.81. The lowest BCUT2D eigenvalue weighted by molar-refractivity contribution is -0.141. The smallest absolute Gasteiger partial charge is 0.364 e. The van der Waals surface area contributed by atoms with Crippen molar-refractivity contribution in [3.8, 4) is 11.4 Å². The molecule has 2 aliphatic carbocycles. The number of amides is 1. The quantitative estimate of drug-likeness (QED) is 0.584. The number of carbonyl (C=O) groups is 1. The summed E-state index contributed by atoms with van der Waals surface area (Å²) in [5, 5.41) is 3.15. The summed E-state index contributed by atoms with van der Waals surface area (Å²) in [6.45, 7) is 0.576. The van der Waals surface area contributed by atoms with Gasteiger partial charge in [-0.1, -0.05) is 0 Å². The van der Waals surface area contributed by atoms with Crippen LogP contribution < -0.4 is 5.32 Å². The van der Waals surface area contributed by atoms with Crippen molar-refractivity contribution in [3.05, 3.63) is 66.1 Å². The van der Waals surface area contributed by atoms with Crippen molar-refractivity contribution >= 4 is 11.7 Å². The Morgan fingerprint density at radius 3 is 2.59 bits per heavy atom. The second-order valence-corrected chi connectivity index (χ2v) is 9.04. The highest BCUT2D eigenvalue weighted by atomic mass is 19.4. The Bertz CT molecular complexity index is 1270. The second-order valence-electron chi connectivity index (χ2n) is 9.04. The first kappa shape index (κ1) is 20.9. The minimum atomic E-state index is -4.56. The summed E-state index contributed by atoms with van der Waals surface area (Å²) in [4.78, 5) is 31.1. The molecule has 3 aliphatic rings. The number of hydrogen-bond donors (Lipinski definition) is 1. The first-order chi connectivity index (χ1) is 16.3. The van der Waals surface area contributed by atoms with E-state index in [0.29, 0.717) is 29.8 Å². The Hall–Kier alpha value is -3.63. The van der Waals surface area contributed by atoms with Crippen LogP contribution in [-0.4, -0.2) is 49.4 Å². The highest BCUT2D eigenvalue weighted by Gasteiger charge is 2.75. The summed E-state index contributed by atoms with van der Waals surface area (Å²) < 4.78 is 52.3. The normalized spacial score (nSPS) is 26.9. The average molecular weight is 470 g/mol. The van der Waals surface area contributed by atoms with Gasteiger partial charge >= 0.3 is 6.18 Å². The third kappa shape index (κ3) is 3.21. The largest absolute Gasteiger partial charge is 0.434 e. The molecule has 3 aromatic rings. The van der Waals surface area contributed by atoms with Crippen LogP contribution in [0.3, 0.4) is 0 Å². The minimum absolute atomic E-state index is 0.0239. The van der Waals surface area contributed by atoms with E-state index in [9.17, 15) is 22.4 Å². The number of benzene rings is 1. The van der Waals surface area contributed by atoms with Crippen LogP contribution in [0.2, 0.25) is 0 Å². The maximum absolute atomic E-state index is 14.0. The number of likely N-dealkylation sites (tertiary alicyclic amines) is 1. The molecule has 6 rings (SSSR count). The lowest BCUT2D eigenvalue weighted by Crippen LogP contribution is -2.60. The fourth-order valence-electron chi connectivity index (χ4n) is 5.58. The molecule has 1 amide bonds. The Balaban J connectivity index is 1.26. The van der Waals surface area contributed by atoms with Crippen molar-refractivity contribution in [1.29, 1.82) is 0 Å². The topological polar surface area (TPSA) is 83.9 Å². The highest BCUT2D eigenvalue weighted by Crippen LogP contribution is 2.71. The molecule has 7 nitrogen and oxygen atoms in total. The Kier molecular flexibility index (Phi) is 4.42. The standard InChI is InChI=1S/C23H18F4N6O/c24-13-2-3-14(15(6-13)20-28-4-1-5-29-20)21(34)33-11-12-7-22(12)8-16(19(22)33)32-18-10-30-17(9-31-18)23(25,26)27/h1-6,9-10,12,16,19H,7-8,11H2,(H,31,32). The molecule has 3 heterocycles. The molecule has 1 spiro atoms. The van der Waals surface area contributed by atoms with E-state index >= 15 is 0 Å². The fourth-order valence-corrected chi connectivity index (χ4v) is 5.58. The number of rotatable bonds is 4. The lowest BCUT2D eigenvalue weighted by Gasteiger charge is -2.48. The number of aromatic nitrogens is 4. The van der Waals surface area contributed by atoms with E-state index in [0.717, 1.165) is 19.0 Å². The molecule has 34 heavy (non-hydrogen) atoms. The molecule has 4 atom stereocenters. The molecule has 0 radical (unpaired) electrons. The van der Waals surface area contributed by atoms with Gasteiger partial charge in [-0.2, -0.15) is 13.2 Å². The molecular formula is C23H18F4N6O. The zero-order chi connectivity index (χ0) is 23.7. The molecule has 1 aromatic carbocycles. The second kappa shape index (κ2) is 7.18. The van der Waals surface area contributed by atoms with Gasteiger partial charge in [0.25, 0.3) is 5.91 Å². The van der Waals surface area contributed by atoms with Gasteiger partial charge < -0.3 is 10.2 Å². The molecular weight excluding hydrogens is 452 g/mol. The number of piperidine rings is 1. The van der Waals surface area contributed by atoms with Gasteiger partial charge in [-0.15, -0.1) is 0 Å². The van der Waals surface area contributed by atoms with Crippen LogP contribution in [0.4, 0.5) is 23.4 Å². The Labute approximate surface area is 191 Å². The molecule has 0 bridgehead atoms. The summed E-state index contributed by atoms with van der Waals surface area (Å²) in [6.07, 6.45) is 2.06. The van der Waals surface area contributed by atoms with Crippen LogP contribution in [0.1, 0.15) is 28.9 Å². The Morgan fingerprint density at radius 2 is 1.88 bits per heavy atom. The van der Waals surface area contributed by atoms with Crippen LogP contribution in [0.25, 0.3) is 11.4 Å². The Morgan fingerprint density at radius 1 is 1.09 bits per heavy atom. The van der Waals surface area contributed by atoms with Crippen molar-refractivity contribution in [1.82, 2.24) is 24.8 Å². The zero-order valence-corrected chi connectivity index (χ0v) is 17.6. The van der Waals surface area contributed by atoms with Crippen molar-refractivity contribution < 1.29 is 22.4 Å². The maximum Gasteiger partial charge on any atom is 0.434 e. The number of nitrogens with one attached hydrogen (secondary N) is 1. The van der Waals surface area contributed by atoms with E-state index in [4.69, 9.17) is 0 Å². The van der Waals surface area contributed by atoms with Crippen LogP contribution >= 0.6 is 0 Å². The average Bonchev–Trinajstić information content (AvgIpc) is 3.47. The fraction of sp³-hybridized carbons (Fsp3) is 0.348. The van der Waals surface area contributed by atoms with E-state index in [1.807, 2.05) is 0 Å². The van der Waals surface area contributed by atoms with Gasteiger partial charge in [0.15, 0.2) is 11.5 Å². The number of nitrogens with zero attached hydrogens (tertiary/aromatic N) is 5. The van der Waals surface area contributed by atoms with Gasteiger partial charge in [0.1, 0.15) is 11.6 Å². The third-order valence-electron chi connectivity index (χ3n) is 7.16. The zero-order valence-electron chi connectivity index (χ0n) is 17.6. The summed E-state index contributed by atoms with van der Waals surface area (Å²) >= 11 is 0. The van der Waals surface area contributed by atoms with E-state index in [-0.39, 0.29) is 35.0 Å². The summed E-state index contributed by atoms with van der Waals surface area (Å²) in [5.74, 6) is 0.125. The molecule has 2 aromatic heterocycles. The number of hydrogen-bond acceptors (Lipinski definition) is 6. The van der Waals surface area contributed by atoms with E-state index in [2.05, 4.69) is 25.3 Å². The molecule has 4 unspecified atom stereocenters.